The summed E-state index contributed by atoms with van der Waals surface area (Å²) in [4.78, 5) is 0. The molecule has 0 N–H and O–H groups in total. The molecule has 4 aliphatic heterocycles. The van der Waals surface area contributed by atoms with Gasteiger partial charge in [0.1, 0.15) is 0 Å². The first-order chi connectivity index (χ1) is 32.4. The van der Waals surface area contributed by atoms with E-state index >= 15 is 0 Å². The molecule has 6 aromatic rings. The van der Waals surface area contributed by atoms with Crippen LogP contribution < -0.4 is 10.7 Å². The van der Waals surface area contributed by atoms with Gasteiger partial charge in [0.05, 0.1) is 33.2 Å². The van der Waals surface area contributed by atoms with Gasteiger partial charge < -0.3 is 0 Å². The minimum atomic E-state index is -0.660. The molecule has 6 heterocycles. The van der Waals surface area contributed by atoms with Crippen molar-refractivity contribution in [1.29, 1.82) is 0 Å². The second kappa shape index (κ2) is 18.6. The summed E-state index contributed by atoms with van der Waals surface area (Å²) in [6.45, 7) is 30.2. The van der Waals surface area contributed by atoms with Gasteiger partial charge in [0.25, 0.3) is 0 Å². The van der Waals surface area contributed by atoms with Crippen LogP contribution in [0.1, 0.15) is 194 Å². The van der Waals surface area contributed by atoms with E-state index in [1.807, 2.05) is 0 Å². The van der Waals surface area contributed by atoms with E-state index in [0.717, 1.165) is 44.9 Å². The summed E-state index contributed by atoms with van der Waals surface area (Å²) in [5, 5.41) is 2.49. The molecule has 4 aromatic carbocycles. The smallest absolute Gasteiger partial charge is 0.261 e. The number of hydrogen-bond donors (Lipinski definition) is 0. The second-order valence-corrected chi connectivity index (χ2v) is 20.3. The second-order valence-electron chi connectivity index (χ2n) is 20.3. The molecule has 0 fully saturated rings. The van der Waals surface area contributed by atoms with Gasteiger partial charge in [-0.05, 0) is 132 Å². The van der Waals surface area contributed by atoms with Crippen molar-refractivity contribution in [3.05, 3.63) is 211 Å². The number of benzene rings is 4. The number of aromatic nitrogens is 2. The summed E-state index contributed by atoms with van der Waals surface area (Å²) in [7, 11) is 0. The normalized spacial score (nSPS) is 20.8. The van der Waals surface area contributed by atoms with Crippen molar-refractivity contribution in [3.8, 4) is 0 Å². The Kier molecular flexibility index (Phi) is 12.8. The van der Waals surface area contributed by atoms with Crippen LogP contribution >= 0.6 is 0 Å². The van der Waals surface area contributed by atoms with Gasteiger partial charge in [-0.2, -0.15) is 4.58 Å². The molecule has 0 bridgehead atoms. The number of nitrogens with zero attached hydrogens (tertiary/aromatic N) is 3. The monoisotopic (exact) mass is 885 g/mol. The Hall–Kier alpha value is -5.93. The van der Waals surface area contributed by atoms with E-state index in [-0.39, 0.29) is 0 Å². The fraction of sp³-hybridized carbons (Fsp3) is 0.359. The molecule has 4 aliphatic rings. The Morgan fingerprint density at radius 1 is 0.493 bits per heavy atom. The van der Waals surface area contributed by atoms with Gasteiger partial charge in [-0.25, -0.2) is 0 Å². The van der Waals surface area contributed by atoms with Crippen LogP contribution in [-0.4, -0.2) is 19.4 Å². The third-order valence-electron chi connectivity index (χ3n) is 15.8. The van der Waals surface area contributed by atoms with E-state index in [0.29, 0.717) is 17.8 Å². The van der Waals surface area contributed by atoms with Crippen LogP contribution in [0.15, 0.2) is 145 Å². The molecule has 0 aliphatic carbocycles. The molecule has 4 atom stereocenters. The average Bonchev–Trinajstić information content (AvgIpc) is 4.11. The van der Waals surface area contributed by atoms with Crippen LogP contribution in [-0.2, 0) is 5.79 Å². The number of hydrogen-bond acceptors (Lipinski definition) is 0. The van der Waals surface area contributed by atoms with Crippen LogP contribution in [0.4, 0.5) is 0 Å². The molecular weight excluding hydrogens is 811 g/mol. The third kappa shape index (κ3) is 7.71. The fourth-order valence-corrected chi connectivity index (χ4v) is 11.5. The maximum absolute atomic E-state index is 5.01. The van der Waals surface area contributed by atoms with Crippen molar-refractivity contribution in [2.75, 3.05) is 0 Å². The molecule has 2 aromatic heterocycles. The van der Waals surface area contributed by atoms with Crippen molar-refractivity contribution in [2.24, 2.45) is 0 Å². The van der Waals surface area contributed by atoms with Crippen LogP contribution in [0.25, 0.3) is 22.3 Å². The lowest BCUT2D eigenvalue weighted by atomic mass is 9.89. The van der Waals surface area contributed by atoms with Gasteiger partial charge in [0.2, 0.25) is 0 Å². The zero-order valence-corrected chi connectivity index (χ0v) is 42.5. The van der Waals surface area contributed by atoms with Crippen molar-refractivity contribution < 1.29 is 4.58 Å². The van der Waals surface area contributed by atoms with Crippen LogP contribution in [0.5, 0.6) is 0 Å². The van der Waals surface area contributed by atoms with Gasteiger partial charge in [-0.3, -0.25) is 9.13 Å². The SMILES string of the molecule is C=C1CC/C(C)=C(\c2ccc(C(C)CC)cc2)c2ccc3n2[C@@]2(C)n4c(cc/c4=C/1c1ccc(C(C)CC)cc1)=C(c1ccc(C(C)CC)cc1)C1=[N+]2C(=C3c2ccc(C)cc2)CC1.CCC. The van der Waals surface area contributed by atoms with Gasteiger partial charge in [0, 0.05) is 30.9 Å². The minimum absolute atomic E-state index is 0.508. The summed E-state index contributed by atoms with van der Waals surface area (Å²) < 4.78 is 8.26. The third-order valence-corrected chi connectivity index (χ3v) is 15.8. The van der Waals surface area contributed by atoms with E-state index in [9.17, 15) is 0 Å². The molecular formula is C64H74N3+. The first-order valence-corrected chi connectivity index (χ1v) is 25.7. The van der Waals surface area contributed by atoms with E-state index in [1.165, 1.54) is 118 Å². The minimum Gasteiger partial charge on any atom is -0.261 e. The highest BCUT2D eigenvalue weighted by molar-refractivity contribution is 6.22. The van der Waals surface area contributed by atoms with Gasteiger partial charge in [0.15, 0.2) is 11.4 Å². The van der Waals surface area contributed by atoms with Gasteiger partial charge in [-0.15, -0.1) is 0 Å². The fourth-order valence-electron chi connectivity index (χ4n) is 11.5. The molecule has 10 rings (SSSR count). The quantitative estimate of drug-likeness (QED) is 0.122. The molecule has 0 radical (unpaired) electrons. The Balaban J connectivity index is 0.00000183. The topological polar surface area (TPSA) is 12.9 Å². The first-order valence-electron chi connectivity index (χ1n) is 25.7. The van der Waals surface area contributed by atoms with E-state index < -0.39 is 5.79 Å². The predicted octanol–water partition coefficient (Wildman–Crippen LogP) is 15.3. The Labute approximate surface area is 402 Å². The first kappa shape index (κ1) is 46.2. The molecule has 0 spiro atoms. The molecule has 0 saturated carbocycles. The van der Waals surface area contributed by atoms with Gasteiger partial charge in [-0.1, -0.05) is 177 Å². The molecule has 344 valence electrons. The standard InChI is InChI=1S/C61H66N3.C3H8/c1-11-39(5)44-20-26-47(27-21-44)57-42(8)16-17-43(9)58(48-28-22-45(23-29-48)40(6)12-2)52-33-35-54-60(50-30-24-46(25-31-50)41(7)13-3)56-37-36-55-59(49-18-14-38(4)15-19-49)53-34-32-51(57)62(53)61(10,63(52)54)64(55)56;1-3-2/h14-15,18-35,39-41H,9,11-13,16-17,36-37H2,1-8,10H3;3H2,1-2H3/q+1;/b57-42+,58-52+;/t39?,40?,41?,61-;/m0./s1. The predicted molar refractivity (Wildman–Crippen MR) is 285 cm³/mol. The largest absolute Gasteiger partial charge is 0.332 e. The summed E-state index contributed by atoms with van der Waals surface area (Å²) in [6, 6.07) is 47.6. The van der Waals surface area contributed by atoms with Crippen molar-refractivity contribution in [3.63, 3.8) is 0 Å². The van der Waals surface area contributed by atoms with E-state index in [2.05, 4.69) is 211 Å². The summed E-state index contributed by atoms with van der Waals surface area (Å²) in [5.74, 6) is 0.882. The lowest BCUT2D eigenvalue weighted by molar-refractivity contribution is -0.601. The van der Waals surface area contributed by atoms with Crippen LogP contribution in [0, 0.1) is 6.92 Å². The number of aryl methyl sites for hydroxylation is 1. The molecule has 3 nitrogen and oxygen atoms in total. The Morgan fingerprint density at radius 2 is 0.910 bits per heavy atom. The summed E-state index contributed by atoms with van der Waals surface area (Å²) in [5.41, 5.74) is 23.7. The highest BCUT2D eigenvalue weighted by Crippen LogP contribution is 2.49. The lowest BCUT2D eigenvalue weighted by Gasteiger charge is -2.40. The zero-order chi connectivity index (χ0) is 47.3. The van der Waals surface area contributed by atoms with E-state index in [4.69, 9.17) is 6.58 Å². The maximum atomic E-state index is 5.01. The lowest BCUT2D eigenvalue weighted by Crippen LogP contribution is -2.61. The van der Waals surface area contributed by atoms with Gasteiger partial charge >= 0.3 is 5.79 Å². The van der Waals surface area contributed by atoms with Crippen molar-refractivity contribution in [1.82, 2.24) is 9.13 Å². The molecule has 3 unspecified atom stereocenters. The molecule has 0 amide bonds. The van der Waals surface area contributed by atoms with E-state index in [1.54, 1.807) is 0 Å². The average molecular weight is 885 g/mol. The maximum Gasteiger partial charge on any atom is 0.332 e. The highest BCUT2D eigenvalue weighted by atomic mass is 15.5. The Bertz CT molecular complexity index is 3060. The summed E-state index contributed by atoms with van der Waals surface area (Å²) in [6.07, 6.45) is 8.34. The highest BCUT2D eigenvalue weighted by Gasteiger charge is 2.57. The van der Waals surface area contributed by atoms with Crippen LogP contribution in [0.3, 0.4) is 0 Å². The number of allylic oxidation sites excluding steroid dienone is 3. The number of rotatable bonds is 10. The van der Waals surface area contributed by atoms with Crippen molar-refractivity contribution >= 4 is 28.0 Å². The molecule has 3 heteroatoms. The summed E-state index contributed by atoms with van der Waals surface area (Å²) >= 11 is 0. The Morgan fingerprint density at radius 3 is 1.40 bits per heavy atom. The zero-order valence-electron chi connectivity index (χ0n) is 42.5. The van der Waals surface area contributed by atoms with Crippen molar-refractivity contribution in [2.45, 2.75) is 151 Å². The molecule has 67 heavy (non-hydrogen) atoms. The molecule has 0 saturated heterocycles. The van der Waals surface area contributed by atoms with Crippen LogP contribution in [0.2, 0.25) is 0 Å².